The first kappa shape index (κ1) is 23.0. The molecule has 2 aliphatic rings. The molecule has 2 heterocycles. The van der Waals surface area contributed by atoms with Crippen LogP contribution in [0.25, 0.3) is 11.0 Å². The third-order valence-electron chi connectivity index (χ3n) is 6.97. The van der Waals surface area contributed by atoms with E-state index in [1.54, 1.807) is 37.2 Å². The minimum Gasteiger partial charge on any atom is -0.406 e. The van der Waals surface area contributed by atoms with Crippen molar-refractivity contribution < 1.29 is 27.5 Å². The van der Waals surface area contributed by atoms with E-state index in [0.29, 0.717) is 29.9 Å². The van der Waals surface area contributed by atoms with Gasteiger partial charge in [-0.1, -0.05) is 0 Å². The van der Waals surface area contributed by atoms with Crippen molar-refractivity contribution in [1.29, 1.82) is 0 Å². The van der Waals surface area contributed by atoms with E-state index in [2.05, 4.69) is 10.1 Å². The number of amides is 2. The Bertz CT molecular complexity index is 1410. The highest BCUT2D eigenvalue weighted by Gasteiger charge is 2.60. The Kier molecular flexibility index (Phi) is 5.19. The lowest BCUT2D eigenvalue weighted by molar-refractivity contribution is -0.274. The molecule has 2 aromatic carbocycles. The summed E-state index contributed by atoms with van der Waals surface area (Å²) >= 11 is 0. The molecule has 2 amide bonds. The van der Waals surface area contributed by atoms with Crippen LogP contribution in [0.3, 0.4) is 0 Å². The average Bonchev–Trinajstić information content (AvgIpc) is 3.22. The lowest BCUT2D eigenvalue weighted by atomic mass is 10.1. The van der Waals surface area contributed by atoms with Gasteiger partial charge in [0.15, 0.2) is 0 Å². The maximum absolute atomic E-state index is 13.0. The highest BCUT2D eigenvalue weighted by atomic mass is 19.4. The monoisotopic (exact) mass is 488 g/mol. The number of benzene rings is 2. The van der Waals surface area contributed by atoms with E-state index in [9.17, 15) is 27.6 Å². The molecule has 35 heavy (non-hydrogen) atoms. The molecule has 184 valence electrons. The summed E-state index contributed by atoms with van der Waals surface area (Å²) in [5.41, 5.74) is 2.37. The summed E-state index contributed by atoms with van der Waals surface area (Å²) in [6, 6.07) is 9.14. The zero-order chi connectivity index (χ0) is 25.2. The van der Waals surface area contributed by atoms with Gasteiger partial charge in [0, 0.05) is 44.4 Å². The molecule has 0 spiro atoms. The largest absolute Gasteiger partial charge is 0.573 e. The van der Waals surface area contributed by atoms with E-state index < -0.39 is 6.36 Å². The lowest BCUT2D eigenvalue weighted by Crippen LogP contribution is -2.33. The Morgan fingerprint density at radius 1 is 1.00 bits per heavy atom. The SMILES string of the molecule is Cc1cc(NC(=O)C2[C@H]3CN(C(=O)c4ccc5c(c4)n(C)c(=O)n5C)C[C@H]23)ccc1OC(F)(F)F. The molecule has 0 bridgehead atoms. The normalized spacial score (nSPS) is 21.2. The third-order valence-corrected chi connectivity index (χ3v) is 6.97. The van der Waals surface area contributed by atoms with Crippen molar-refractivity contribution in [3.63, 3.8) is 0 Å². The number of nitrogens with zero attached hydrogens (tertiary/aromatic N) is 3. The Morgan fingerprint density at radius 3 is 2.29 bits per heavy atom. The summed E-state index contributed by atoms with van der Waals surface area (Å²) in [5, 5.41) is 2.76. The zero-order valence-corrected chi connectivity index (χ0v) is 19.2. The highest BCUT2D eigenvalue weighted by Crippen LogP contribution is 2.52. The lowest BCUT2D eigenvalue weighted by Gasteiger charge is -2.20. The number of aromatic nitrogens is 2. The van der Waals surface area contributed by atoms with E-state index in [4.69, 9.17) is 0 Å². The van der Waals surface area contributed by atoms with Gasteiger partial charge in [-0.25, -0.2) is 4.79 Å². The Balaban J connectivity index is 1.21. The Labute approximate surface area is 197 Å². The molecule has 3 aromatic rings. The summed E-state index contributed by atoms with van der Waals surface area (Å²) < 4.78 is 44.3. The number of hydrogen-bond acceptors (Lipinski definition) is 4. The van der Waals surface area contributed by atoms with E-state index >= 15 is 0 Å². The van der Waals surface area contributed by atoms with Gasteiger partial charge in [-0.2, -0.15) is 0 Å². The van der Waals surface area contributed by atoms with Crippen LogP contribution in [0.5, 0.6) is 5.75 Å². The molecule has 1 aliphatic carbocycles. The predicted octanol–water partition coefficient (Wildman–Crippen LogP) is 3.04. The summed E-state index contributed by atoms with van der Waals surface area (Å²) in [4.78, 5) is 39.6. The predicted molar refractivity (Wildman–Crippen MR) is 121 cm³/mol. The number of anilines is 1. The second-order valence-corrected chi connectivity index (χ2v) is 9.19. The molecule has 11 heteroatoms. The van der Waals surface area contributed by atoms with Crippen LogP contribution in [-0.2, 0) is 18.9 Å². The number of fused-ring (bicyclic) bond motifs is 2. The summed E-state index contributed by atoms with van der Waals surface area (Å²) in [6.45, 7) is 2.37. The van der Waals surface area contributed by atoms with Crippen LogP contribution in [0.4, 0.5) is 18.9 Å². The molecule has 2 fully saturated rings. The van der Waals surface area contributed by atoms with Crippen LogP contribution < -0.4 is 15.7 Å². The number of halogens is 3. The molecule has 1 aliphatic heterocycles. The van der Waals surface area contributed by atoms with E-state index in [0.717, 1.165) is 5.52 Å². The van der Waals surface area contributed by atoms with Gasteiger partial charge in [0.1, 0.15) is 5.75 Å². The van der Waals surface area contributed by atoms with Gasteiger partial charge >= 0.3 is 12.1 Å². The summed E-state index contributed by atoms with van der Waals surface area (Å²) in [6.07, 6.45) is -4.78. The molecule has 0 radical (unpaired) electrons. The minimum atomic E-state index is -4.78. The number of ether oxygens (including phenoxy) is 1. The average molecular weight is 488 g/mol. The first-order valence-electron chi connectivity index (χ1n) is 11.1. The third kappa shape index (κ3) is 4.04. The molecule has 8 nitrogen and oxygen atoms in total. The fourth-order valence-corrected chi connectivity index (χ4v) is 5.10. The molecule has 1 saturated carbocycles. The smallest absolute Gasteiger partial charge is 0.406 e. The van der Waals surface area contributed by atoms with Gasteiger partial charge in [0.25, 0.3) is 5.91 Å². The number of nitrogens with one attached hydrogen (secondary N) is 1. The van der Waals surface area contributed by atoms with Crippen molar-refractivity contribution in [1.82, 2.24) is 14.0 Å². The van der Waals surface area contributed by atoms with Crippen LogP contribution in [0.1, 0.15) is 15.9 Å². The fourth-order valence-electron chi connectivity index (χ4n) is 5.10. The van der Waals surface area contributed by atoms with Crippen molar-refractivity contribution in [2.75, 3.05) is 18.4 Å². The zero-order valence-electron chi connectivity index (χ0n) is 19.2. The number of imidazole rings is 1. The maximum Gasteiger partial charge on any atom is 0.573 e. The molecule has 1 saturated heterocycles. The number of rotatable bonds is 4. The van der Waals surface area contributed by atoms with Crippen LogP contribution in [0.15, 0.2) is 41.2 Å². The number of piperidine rings is 1. The van der Waals surface area contributed by atoms with Crippen molar-refractivity contribution in [3.05, 3.63) is 58.0 Å². The molecule has 2 atom stereocenters. The van der Waals surface area contributed by atoms with E-state index in [1.807, 2.05) is 0 Å². The van der Waals surface area contributed by atoms with Gasteiger partial charge in [0.2, 0.25) is 5.91 Å². The number of aryl methyl sites for hydroxylation is 3. The van der Waals surface area contributed by atoms with Crippen molar-refractivity contribution in [2.24, 2.45) is 31.8 Å². The van der Waals surface area contributed by atoms with Gasteiger partial charge in [-0.3, -0.25) is 18.7 Å². The van der Waals surface area contributed by atoms with Crippen LogP contribution in [0.2, 0.25) is 0 Å². The van der Waals surface area contributed by atoms with Crippen LogP contribution in [-0.4, -0.2) is 45.3 Å². The van der Waals surface area contributed by atoms with Gasteiger partial charge < -0.3 is 15.0 Å². The first-order chi connectivity index (χ1) is 16.4. The molecule has 1 N–H and O–H groups in total. The molecule has 1 aromatic heterocycles. The summed E-state index contributed by atoms with van der Waals surface area (Å²) in [5.74, 6) is -0.845. The topological polar surface area (TPSA) is 85.6 Å². The van der Waals surface area contributed by atoms with Crippen molar-refractivity contribution >= 4 is 28.5 Å². The number of likely N-dealkylation sites (tertiary alicyclic amines) is 1. The highest BCUT2D eigenvalue weighted by molar-refractivity contribution is 5.99. The van der Waals surface area contributed by atoms with Crippen molar-refractivity contribution in [3.8, 4) is 5.75 Å². The molecular weight excluding hydrogens is 465 g/mol. The Morgan fingerprint density at radius 2 is 1.66 bits per heavy atom. The maximum atomic E-state index is 13.0. The molecular formula is C24H23F3N4O4. The van der Waals surface area contributed by atoms with Gasteiger partial charge in [-0.05, 0) is 60.7 Å². The number of carbonyl (C=O) groups is 2. The van der Waals surface area contributed by atoms with Gasteiger partial charge in [-0.15, -0.1) is 13.2 Å². The van der Waals surface area contributed by atoms with E-state index in [-0.39, 0.29) is 46.6 Å². The Hall–Kier alpha value is -3.76. The number of carbonyl (C=O) groups excluding carboxylic acids is 2. The number of hydrogen-bond donors (Lipinski definition) is 1. The fraction of sp³-hybridized carbons (Fsp3) is 0.375. The first-order valence-corrected chi connectivity index (χ1v) is 11.1. The van der Waals surface area contributed by atoms with Crippen molar-refractivity contribution in [2.45, 2.75) is 13.3 Å². The van der Waals surface area contributed by atoms with Crippen LogP contribution in [0, 0.1) is 24.7 Å². The second kappa shape index (κ2) is 7.89. The number of alkyl halides is 3. The van der Waals surface area contributed by atoms with Gasteiger partial charge in [0.05, 0.1) is 11.0 Å². The quantitative estimate of drug-likeness (QED) is 0.612. The van der Waals surface area contributed by atoms with E-state index in [1.165, 1.54) is 34.3 Å². The molecule has 0 unspecified atom stereocenters. The second-order valence-electron chi connectivity index (χ2n) is 9.19. The van der Waals surface area contributed by atoms with Crippen LogP contribution >= 0.6 is 0 Å². The minimum absolute atomic E-state index is 0.0395. The standard InChI is InChI=1S/C24H23F3N4O4/c1-12-8-14(5-7-19(12)35-24(25,26)27)28-21(32)20-15-10-31(11-16(15)20)22(33)13-4-6-17-18(9-13)30(3)23(34)29(17)2/h4-9,15-16,20H,10-11H2,1-3H3,(H,28,32)/t15-,16-/m0/s1. The summed E-state index contributed by atoms with van der Waals surface area (Å²) in [7, 11) is 3.34. The molecule has 5 rings (SSSR count).